The highest BCUT2D eigenvalue weighted by molar-refractivity contribution is 6.03. The van der Waals surface area contributed by atoms with Crippen molar-refractivity contribution in [3.05, 3.63) is 54.1 Å². The first kappa shape index (κ1) is 20.8. The summed E-state index contributed by atoms with van der Waals surface area (Å²) in [5.41, 5.74) is 12.6. The van der Waals surface area contributed by atoms with E-state index < -0.39 is 29.3 Å². The van der Waals surface area contributed by atoms with Crippen molar-refractivity contribution in [1.29, 1.82) is 0 Å². The van der Waals surface area contributed by atoms with E-state index in [4.69, 9.17) is 11.5 Å². The topological polar surface area (TPSA) is 107 Å². The Balaban J connectivity index is 1.71. The van der Waals surface area contributed by atoms with Gasteiger partial charge in [0, 0.05) is 46.7 Å². The van der Waals surface area contributed by atoms with Gasteiger partial charge in [-0.05, 0) is 25.0 Å². The number of rotatable bonds is 2. The molecule has 0 radical (unpaired) electrons. The quantitative estimate of drug-likeness (QED) is 0.314. The molecule has 0 bridgehead atoms. The number of pyridine rings is 1. The minimum Gasteiger partial charge on any atom is -0.361 e. The predicted molar refractivity (Wildman–Crippen MR) is 112 cm³/mol. The minimum atomic E-state index is -4.46. The molecule has 32 heavy (non-hydrogen) atoms. The molecular formula is C22H20F4N6. The van der Waals surface area contributed by atoms with Crippen LogP contribution < -0.4 is 11.5 Å². The molecule has 1 fully saturated rings. The first-order chi connectivity index (χ1) is 15.2. The van der Waals surface area contributed by atoms with Crippen molar-refractivity contribution in [2.45, 2.75) is 43.4 Å². The zero-order valence-corrected chi connectivity index (χ0v) is 16.9. The Morgan fingerprint density at radius 2 is 1.88 bits per heavy atom. The number of hydrogen-bond donors (Lipinski definition) is 3. The van der Waals surface area contributed by atoms with Crippen molar-refractivity contribution >= 4 is 21.8 Å². The van der Waals surface area contributed by atoms with Gasteiger partial charge in [-0.25, -0.2) is 9.97 Å². The number of nitrogens with one attached hydrogen (secondary N) is 1. The molecule has 2 unspecified atom stereocenters. The van der Waals surface area contributed by atoms with Crippen molar-refractivity contribution in [1.82, 2.24) is 19.9 Å². The fourth-order valence-electron chi connectivity index (χ4n) is 4.44. The molecule has 10 heteroatoms. The van der Waals surface area contributed by atoms with Gasteiger partial charge in [0.25, 0.3) is 0 Å². The Kier molecular flexibility index (Phi) is 4.68. The van der Waals surface area contributed by atoms with Crippen LogP contribution in [-0.2, 0) is 11.7 Å². The van der Waals surface area contributed by atoms with E-state index in [1.165, 1.54) is 18.5 Å². The zero-order valence-electron chi connectivity index (χ0n) is 16.9. The summed E-state index contributed by atoms with van der Waals surface area (Å²) in [7, 11) is 0. The van der Waals surface area contributed by atoms with Crippen LogP contribution in [0, 0.1) is 5.95 Å². The van der Waals surface area contributed by atoms with Crippen LogP contribution in [-0.4, -0.2) is 26.0 Å². The average molecular weight is 444 g/mol. The Bertz CT molecular complexity index is 1330. The third-order valence-corrected chi connectivity index (χ3v) is 6.29. The van der Waals surface area contributed by atoms with Crippen molar-refractivity contribution in [2.24, 2.45) is 11.5 Å². The lowest BCUT2D eigenvalue weighted by Gasteiger charge is -2.37. The van der Waals surface area contributed by atoms with Crippen LogP contribution in [0.5, 0.6) is 0 Å². The minimum absolute atomic E-state index is 0.0977. The predicted octanol–water partition coefficient (Wildman–Crippen LogP) is 4.39. The summed E-state index contributed by atoms with van der Waals surface area (Å²) in [5.74, 6) is -0.637. The lowest BCUT2D eigenvalue weighted by Crippen LogP contribution is -2.55. The highest BCUT2D eigenvalue weighted by atomic mass is 19.4. The number of fused-ring (bicyclic) bond motifs is 2. The molecule has 0 spiro atoms. The SMILES string of the molecule is NC1CCCCC1(N)c1nc(F)c2cncc(-c3c[nH]c4cc(C(F)(F)F)ccc34)c2n1. The summed E-state index contributed by atoms with van der Waals surface area (Å²) in [4.78, 5) is 15.6. The van der Waals surface area contributed by atoms with Crippen molar-refractivity contribution in [3.63, 3.8) is 0 Å². The second kappa shape index (κ2) is 7.21. The summed E-state index contributed by atoms with van der Waals surface area (Å²) in [6, 6.07) is 3.01. The first-order valence-corrected chi connectivity index (χ1v) is 10.2. The molecule has 0 amide bonds. The molecule has 2 atom stereocenters. The standard InChI is InChI=1S/C22H20F4N6/c23-19-15-9-29-8-14(13-10-30-16-7-11(22(24,25)26)4-5-12(13)16)18(15)31-20(32-19)21(28)6-2-1-3-17(21)27/h4-5,7-10,17,30H,1-3,6,27-28H2. The number of benzene rings is 1. The van der Waals surface area contributed by atoms with E-state index in [-0.39, 0.29) is 16.7 Å². The van der Waals surface area contributed by atoms with E-state index >= 15 is 0 Å². The van der Waals surface area contributed by atoms with Crippen LogP contribution in [0.3, 0.4) is 0 Å². The summed E-state index contributed by atoms with van der Waals surface area (Å²) >= 11 is 0. The van der Waals surface area contributed by atoms with Gasteiger partial charge in [-0.2, -0.15) is 17.6 Å². The van der Waals surface area contributed by atoms with Crippen molar-refractivity contribution in [3.8, 4) is 11.1 Å². The Morgan fingerprint density at radius 1 is 1.06 bits per heavy atom. The van der Waals surface area contributed by atoms with E-state index in [1.54, 1.807) is 6.20 Å². The van der Waals surface area contributed by atoms with Gasteiger partial charge < -0.3 is 16.5 Å². The number of nitrogens with zero attached hydrogens (tertiary/aromatic N) is 3. The molecule has 6 nitrogen and oxygen atoms in total. The highest BCUT2D eigenvalue weighted by Gasteiger charge is 2.40. The molecule has 1 aliphatic carbocycles. The summed E-state index contributed by atoms with van der Waals surface area (Å²) in [6.07, 6.45) is 2.91. The van der Waals surface area contributed by atoms with Crippen LogP contribution in [0.2, 0.25) is 0 Å². The van der Waals surface area contributed by atoms with Gasteiger partial charge in [0.2, 0.25) is 5.95 Å². The normalized spacial score (nSPS) is 22.0. The van der Waals surface area contributed by atoms with Gasteiger partial charge >= 0.3 is 6.18 Å². The molecule has 166 valence electrons. The molecule has 3 aromatic heterocycles. The van der Waals surface area contributed by atoms with Crippen LogP contribution in [0.15, 0.2) is 36.8 Å². The van der Waals surface area contributed by atoms with E-state index in [9.17, 15) is 17.6 Å². The Labute approximate surface area is 180 Å². The monoisotopic (exact) mass is 444 g/mol. The maximum atomic E-state index is 15.0. The molecule has 3 heterocycles. The number of H-pyrrole nitrogens is 1. The molecule has 4 aromatic rings. The Morgan fingerprint density at radius 3 is 2.62 bits per heavy atom. The molecule has 0 saturated heterocycles. The third-order valence-electron chi connectivity index (χ3n) is 6.29. The maximum Gasteiger partial charge on any atom is 0.416 e. The molecule has 5 N–H and O–H groups in total. The van der Waals surface area contributed by atoms with Crippen molar-refractivity contribution in [2.75, 3.05) is 0 Å². The van der Waals surface area contributed by atoms with E-state index in [2.05, 4.69) is 19.9 Å². The number of nitrogens with two attached hydrogens (primary N) is 2. The fraction of sp³-hybridized carbons (Fsp3) is 0.318. The molecular weight excluding hydrogens is 424 g/mol. The largest absolute Gasteiger partial charge is 0.416 e. The van der Waals surface area contributed by atoms with Crippen LogP contribution >= 0.6 is 0 Å². The molecule has 0 aliphatic heterocycles. The van der Waals surface area contributed by atoms with E-state index in [0.29, 0.717) is 34.9 Å². The van der Waals surface area contributed by atoms with Gasteiger partial charge in [-0.3, -0.25) is 4.98 Å². The van der Waals surface area contributed by atoms with E-state index in [1.807, 2.05) is 0 Å². The molecule has 5 rings (SSSR count). The van der Waals surface area contributed by atoms with Gasteiger partial charge in [-0.1, -0.05) is 18.9 Å². The van der Waals surface area contributed by atoms with Crippen molar-refractivity contribution < 1.29 is 17.6 Å². The number of hydrogen-bond acceptors (Lipinski definition) is 5. The number of aromatic amines is 1. The summed E-state index contributed by atoms with van der Waals surface area (Å²) in [6.45, 7) is 0. The van der Waals surface area contributed by atoms with Crippen LogP contribution in [0.25, 0.3) is 32.9 Å². The van der Waals surface area contributed by atoms with E-state index in [0.717, 1.165) is 25.0 Å². The van der Waals surface area contributed by atoms with Gasteiger partial charge in [0.15, 0.2) is 5.82 Å². The smallest absolute Gasteiger partial charge is 0.361 e. The summed E-state index contributed by atoms with van der Waals surface area (Å²) < 4.78 is 54.2. The van der Waals surface area contributed by atoms with Gasteiger partial charge in [-0.15, -0.1) is 0 Å². The Hall–Kier alpha value is -3.11. The maximum absolute atomic E-state index is 15.0. The molecule has 1 saturated carbocycles. The van der Waals surface area contributed by atoms with Gasteiger partial charge in [0.1, 0.15) is 0 Å². The average Bonchev–Trinajstić information content (AvgIpc) is 3.18. The lowest BCUT2D eigenvalue weighted by atomic mass is 9.78. The molecule has 1 aromatic carbocycles. The fourth-order valence-corrected chi connectivity index (χ4v) is 4.44. The second-order valence-corrected chi connectivity index (χ2v) is 8.27. The second-order valence-electron chi connectivity index (χ2n) is 8.27. The van der Waals surface area contributed by atoms with Crippen LogP contribution in [0.4, 0.5) is 17.6 Å². The number of halogens is 4. The number of aromatic nitrogens is 4. The number of alkyl halides is 3. The molecule has 1 aliphatic rings. The first-order valence-electron chi connectivity index (χ1n) is 10.2. The summed E-state index contributed by atoms with van der Waals surface area (Å²) in [5, 5.41) is 0.630. The van der Waals surface area contributed by atoms with Crippen LogP contribution in [0.1, 0.15) is 37.1 Å². The third kappa shape index (κ3) is 3.21. The zero-order chi connectivity index (χ0) is 22.7. The van der Waals surface area contributed by atoms with Gasteiger partial charge in [0.05, 0.1) is 22.0 Å². The lowest BCUT2D eigenvalue weighted by molar-refractivity contribution is -0.137. The highest BCUT2D eigenvalue weighted by Crippen LogP contribution is 2.38.